The Morgan fingerprint density at radius 3 is 3.11 bits per heavy atom. The van der Waals surface area contributed by atoms with Gasteiger partial charge in [0.2, 0.25) is 0 Å². The molecule has 0 saturated heterocycles. The number of furan rings is 1. The van der Waals surface area contributed by atoms with Gasteiger partial charge in [-0.25, -0.2) is 0 Å². The smallest absolute Gasteiger partial charge is 0.168 e. The molecule has 1 aromatic heterocycles. The van der Waals surface area contributed by atoms with Crippen LogP contribution in [0.4, 0.5) is 0 Å². The van der Waals surface area contributed by atoms with Crippen LogP contribution in [0.1, 0.15) is 18.1 Å². The number of nitrogens with zero attached hydrogens (tertiary/aromatic N) is 2. The quantitative estimate of drug-likeness (QED) is 0.788. The van der Waals surface area contributed by atoms with Crippen LogP contribution in [0.15, 0.2) is 38.8 Å². The highest BCUT2D eigenvalue weighted by molar-refractivity contribution is 8.17. The van der Waals surface area contributed by atoms with Crippen molar-refractivity contribution in [2.75, 3.05) is 13.1 Å². The van der Waals surface area contributed by atoms with E-state index in [1.165, 1.54) is 27.1 Å². The van der Waals surface area contributed by atoms with Crippen molar-refractivity contribution < 1.29 is 4.42 Å². The highest BCUT2D eigenvalue weighted by atomic mass is 32.2. The molecular weight excluding hydrogens is 256 g/mol. The van der Waals surface area contributed by atoms with Gasteiger partial charge in [0.05, 0.1) is 18.5 Å². The first kappa shape index (κ1) is 11.2. The van der Waals surface area contributed by atoms with Crippen LogP contribution >= 0.6 is 11.8 Å². The maximum absolute atomic E-state index is 5.62. The summed E-state index contributed by atoms with van der Waals surface area (Å²) in [4.78, 5) is 8.17. The summed E-state index contributed by atoms with van der Waals surface area (Å²) in [5.41, 5.74) is 4.66. The first-order valence-corrected chi connectivity index (χ1v) is 7.24. The first-order valence-electron chi connectivity index (χ1n) is 6.43. The second-order valence-corrected chi connectivity index (χ2v) is 6.13. The van der Waals surface area contributed by atoms with E-state index in [4.69, 9.17) is 4.42 Å². The normalized spacial score (nSPS) is 18.4. The molecule has 2 aliphatic rings. The van der Waals surface area contributed by atoms with Gasteiger partial charge in [0, 0.05) is 22.4 Å². The van der Waals surface area contributed by atoms with E-state index in [9.17, 15) is 0 Å². The minimum atomic E-state index is 0.904. The molecular formula is C15H14N2OS. The van der Waals surface area contributed by atoms with Gasteiger partial charge in [-0.1, -0.05) is 23.9 Å². The number of amidine groups is 1. The standard InChI is InChI=1S/C15H14N2OS/c1-9-8-18-13-7-11(3-4-12(9)13)14-10(2)19-15-16-5-6-17(14)15/h3-4,7-8H,5-6H2,1-2H3. The van der Waals surface area contributed by atoms with Crippen LogP contribution < -0.4 is 0 Å². The van der Waals surface area contributed by atoms with E-state index in [1.807, 2.05) is 6.26 Å². The van der Waals surface area contributed by atoms with Gasteiger partial charge >= 0.3 is 0 Å². The van der Waals surface area contributed by atoms with E-state index in [0.717, 1.165) is 23.8 Å². The van der Waals surface area contributed by atoms with Gasteiger partial charge in [-0.3, -0.25) is 4.99 Å². The number of fused-ring (bicyclic) bond motifs is 2. The molecule has 2 aliphatic heterocycles. The van der Waals surface area contributed by atoms with Crippen molar-refractivity contribution >= 4 is 33.6 Å². The summed E-state index contributed by atoms with van der Waals surface area (Å²) < 4.78 is 5.62. The lowest BCUT2D eigenvalue weighted by atomic mass is 10.1. The molecule has 0 radical (unpaired) electrons. The Kier molecular flexibility index (Phi) is 2.30. The van der Waals surface area contributed by atoms with Gasteiger partial charge in [-0.05, 0) is 25.5 Å². The second kappa shape index (κ2) is 3.90. The number of allylic oxidation sites excluding steroid dienone is 1. The second-order valence-electron chi connectivity index (χ2n) is 4.95. The van der Waals surface area contributed by atoms with Gasteiger partial charge in [-0.15, -0.1) is 0 Å². The van der Waals surface area contributed by atoms with Crippen LogP contribution in [0.2, 0.25) is 0 Å². The number of hydrogen-bond donors (Lipinski definition) is 0. The molecule has 2 aromatic rings. The number of thioether (sulfide) groups is 1. The maximum atomic E-state index is 5.62. The molecule has 19 heavy (non-hydrogen) atoms. The summed E-state index contributed by atoms with van der Waals surface area (Å²) in [7, 11) is 0. The predicted octanol–water partition coefficient (Wildman–Crippen LogP) is 3.85. The Morgan fingerprint density at radius 2 is 2.21 bits per heavy atom. The fourth-order valence-corrected chi connectivity index (χ4v) is 3.81. The lowest BCUT2D eigenvalue weighted by Gasteiger charge is -2.17. The third kappa shape index (κ3) is 1.56. The average Bonchev–Trinajstić information content (AvgIpc) is 3.04. The van der Waals surface area contributed by atoms with Crippen LogP contribution in [0, 0.1) is 6.92 Å². The molecule has 96 valence electrons. The van der Waals surface area contributed by atoms with Crippen molar-refractivity contribution in [3.8, 4) is 0 Å². The summed E-state index contributed by atoms with van der Waals surface area (Å²) in [6.45, 7) is 6.14. The number of benzene rings is 1. The topological polar surface area (TPSA) is 28.7 Å². The zero-order chi connectivity index (χ0) is 13.0. The minimum Gasteiger partial charge on any atom is -0.464 e. The fourth-order valence-electron chi connectivity index (χ4n) is 2.76. The first-order chi connectivity index (χ1) is 9.24. The zero-order valence-corrected chi connectivity index (χ0v) is 11.8. The van der Waals surface area contributed by atoms with E-state index < -0.39 is 0 Å². The maximum Gasteiger partial charge on any atom is 0.168 e. The van der Waals surface area contributed by atoms with E-state index in [-0.39, 0.29) is 0 Å². The molecule has 3 heterocycles. The summed E-state index contributed by atoms with van der Waals surface area (Å²) in [5, 5.41) is 2.34. The molecule has 0 saturated carbocycles. The zero-order valence-electron chi connectivity index (χ0n) is 10.9. The van der Waals surface area contributed by atoms with Crippen LogP contribution in [-0.2, 0) is 0 Å². The third-order valence-electron chi connectivity index (χ3n) is 3.69. The number of aryl methyl sites for hydroxylation is 1. The molecule has 0 unspecified atom stereocenters. The van der Waals surface area contributed by atoms with E-state index in [0.29, 0.717) is 0 Å². The molecule has 0 atom stereocenters. The van der Waals surface area contributed by atoms with Crippen molar-refractivity contribution in [2.24, 2.45) is 4.99 Å². The molecule has 0 bridgehead atoms. The lowest BCUT2D eigenvalue weighted by molar-refractivity contribution is 0.612. The van der Waals surface area contributed by atoms with Crippen molar-refractivity contribution in [1.29, 1.82) is 0 Å². The van der Waals surface area contributed by atoms with Crippen LogP contribution in [0.5, 0.6) is 0 Å². The number of hydrogen-bond acceptors (Lipinski definition) is 4. The lowest BCUT2D eigenvalue weighted by Crippen LogP contribution is -2.19. The predicted molar refractivity (Wildman–Crippen MR) is 80.1 cm³/mol. The Balaban J connectivity index is 1.86. The Bertz CT molecular complexity index is 742. The molecule has 0 aliphatic carbocycles. The summed E-state index contributed by atoms with van der Waals surface area (Å²) in [6, 6.07) is 6.48. The number of aliphatic imine (C=N–C) groups is 1. The van der Waals surface area contributed by atoms with Gasteiger partial charge in [-0.2, -0.15) is 0 Å². The molecule has 4 rings (SSSR count). The highest BCUT2D eigenvalue weighted by Gasteiger charge is 2.31. The van der Waals surface area contributed by atoms with Crippen LogP contribution in [0.3, 0.4) is 0 Å². The molecule has 0 fully saturated rings. The molecule has 1 aromatic carbocycles. The highest BCUT2D eigenvalue weighted by Crippen LogP contribution is 2.41. The van der Waals surface area contributed by atoms with Crippen molar-refractivity contribution in [3.05, 3.63) is 40.5 Å². The summed E-state index contributed by atoms with van der Waals surface area (Å²) in [6.07, 6.45) is 1.82. The Morgan fingerprint density at radius 1 is 1.32 bits per heavy atom. The van der Waals surface area contributed by atoms with Crippen molar-refractivity contribution in [3.63, 3.8) is 0 Å². The Labute approximate surface area is 116 Å². The largest absolute Gasteiger partial charge is 0.464 e. The molecule has 4 heteroatoms. The number of rotatable bonds is 1. The van der Waals surface area contributed by atoms with Crippen LogP contribution in [-0.4, -0.2) is 23.2 Å². The van der Waals surface area contributed by atoms with Crippen molar-refractivity contribution in [1.82, 2.24) is 4.90 Å². The molecule has 0 amide bonds. The summed E-state index contributed by atoms with van der Waals surface area (Å²) >= 11 is 1.77. The van der Waals surface area contributed by atoms with E-state index in [1.54, 1.807) is 11.8 Å². The molecule has 3 nitrogen and oxygen atoms in total. The summed E-state index contributed by atoms with van der Waals surface area (Å²) in [5.74, 6) is 0. The van der Waals surface area contributed by atoms with Crippen LogP contribution in [0.25, 0.3) is 16.7 Å². The average molecular weight is 270 g/mol. The molecule has 0 spiro atoms. The minimum absolute atomic E-state index is 0.904. The Hall–Kier alpha value is -1.68. The SMILES string of the molecule is CC1=C(c2ccc3c(C)coc3c2)N2CCN=C2S1. The fraction of sp³-hybridized carbons (Fsp3) is 0.267. The van der Waals surface area contributed by atoms with Gasteiger partial charge in [0.15, 0.2) is 5.17 Å². The van der Waals surface area contributed by atoms with E-state index >= 15 is 0 Å². The third-order valence-corrected chi connectivity index (χ3v) is 4.72. The van der Waals surface area contributed by atoms with Crippen molar-refractivity contribution in [2.45, 2.75) is 13.8 Å². The van der Waals surface area contributed by atoms with Gasteiger partial charge in [0.1, 0.15) is 5.58 Å². The van der Waals surface area contributed by atoms with Gasteiger partial charge < -0.3 is 9.32 Å². The van der Waals surface area contributed by atoms with E-state index in [2.05, 4.69) is 41.9 Å². The molecule has 0 N–H and O–H groups in total. The monoisotopic (exact) mass is 270 g/mol. The van der Waals surface area contributed by atoms with Gasteiger partial charge in [0.25, 0.3) is 0 Å².